The number of nitrogens with zero attached hydrogens (tertiary/aromatic N) is 2. The minimum atomic E-state index is -0.944. The zero-order chi connectivity index (χ0) is 37.9. The molecule has 1 unspecified atom stereocenters. The molecule has 1 aromatic heterocycles. The van der Waals surface area contributed by atoms with Crippen molar-refractivity contribution in [1.29, 1.82) is 0 Å². The number of Topliss-reactive ketones (excluding diaryl/α,β-unsaturated/α-hetero) is 1. The van der Waals surface area contributed by atoms with Crippen molar-refractivity contribution in [1.82, 2.24) is 19.8 Å². The van der Waals surface area contributed by atoms with E-state index in [1.807, 2.05) is 0 Å². The van der Waals surface area contributed by atoms with E-state index in [1.165, 1.54) is 37.9 Å². The van der Waals surface area contributed by atoms with Gasteiger partial charge in [-0.2, -0.15) is 0 Å². The number of aromatic nitrogens is 2. The van der Waals surface area contributed by atoms with E-state index in [0.29, 0.717) is 55.5 Å². The third kappa shape index (κ3) is 9.98. The number of fused-ring (bicyclic) bond motifs is 1. The van der Waals surface area contributed by atoms with Crippen LogP contribution in [-0.2, 0) is 39.8 Å². The first-order chi connectivity index (χ1) is 24.8. The molecular weight excluding hydrogens is 672 g/mol. The van der Waals surface area contributed by atoms with Crippen molar-refractivity contribution in [3.8, 4) is 17.2 Å². The molecule has 2 amide bonds. The molecule has 0 aliphatic carbocycles. The number of amides is 2. The van der Waals surface area contributed by atoms with Crippen molar-refractivity contribution in [2.75, 3.05) is 13.7 Å². The number of ether oxygens (including phenoxy) is 2. The summed E-state index contributed by atoms with van der Waals surface area (Å²) in [4.78, 5) is 75.9. The van der Waals surface area contributed by atoms with Gasteiger partial charge in [0.15, 0.2) is 0 Å². The van der Waals surface area contributed by atoms with E-state index >= 15 is 0 Å². The van der Waals surface area contributed by atoms with E-state index < -0.39 is 46.8 Å². The summed E-state index contributed by atoms with van der Waals surface area (Å²) in [6, 6.07) is 9.30. The van der Waals surface area contributed by atoms with Gasteiger partial charge in [0, 0.05) is 69.6 Å². The summed E-state index contributed by atoms with van der Waals surface area (Å²) in [5.74, 6) is -2.90. The molecule has 3 aromatic rings. The van der Waals surface area contributed by atoms with Crippen molar-refractivity contribution in [3.63, 3.8) is 0 Å². The lowest BCUT2D eigenvalue weighted by atomic mass is 9.84. The number of aromatic hydroxyl groups is 2. The van der Waals surface area contributed by atoms with Gasteiger partial charge in [-0.25, -0.2) is 9.59 Å². The lowest BCUT2D eigenvalue weighted by molar-refractivity contribution is -0.123. The van der Waals surface area contributed by atoms with Crippen LogP contribution in [0.4, 0.5) is 0 Å². The molecule has 0 bridgehead atoms. The number of carbonyl (C=O) groups excluding carboxylic acids is 4. The van der Waals surface area contributed by atoms with Gasteiger partial charge in [-0.1, -0.05) is 24.3 Å². The number of ketones is 1. The summed E-state index contributed by atoms with van der Waals surface area (Å²) in [5, 5.41) is 28.4. The maximum atomic E-state index is 13.6. The van der Waals surface area contributed by atoms with Gasteiger partial charge >= 0.3 is 11.7 Å². The number of benzene rings is 2. The van der Waals surface area contributed by atoms with Gasteiger partial charge in [0.2, 0.25) is 11.8 Å². The number of hydrogen-bond donors (Lipinski definition) is 4. The summed E-state index contributed by atoms with van der Waals surface area (Å²) in [5.41, 5.74) is -0.174. The van der Waals surface area contributed by atoms with Crippen molar-refractivity contribution in [3.05, 3.63) is 91.3 Å². The summed E-state index contributed by atoms with van der Waals surface area (Å²) < 4.78 is 13.2. The van der Waals surface area contributed by atoms with E-state index in [0.717, 1.165) is 4.57 Å². The molecule has 4 rings (SSSR count). The van der Waals surface area contributed by atoms with Crippen LogP contribution in [0.5, 0.6) is 17.2 Å². The number of allylic oxidation sites excluding steroid dienone is 1. The van der Waals surface area contributed by atoms with E-state index in [9.17, 15) is 39.0 Å². The highest BCUT2D eigenvalue weighted by Gasteiger charge is 2.31. The Labute approximate surface area is 301 Å². The summed E-state index contributed by atoms with van der Waals surface area (Å²) >= 11 is 0. The Morgan fingerprint density at radius 2 is 1.69 bits per heavy atom. The number of hydrogen-bond acceptors (Lipinski definition) is 10. The number of phenolic OH excluding ortho intramolecular Hbond substituents is 2. The standard InChI is InChI=1S/C38H46N4O10/c1-23-9-8-12-27(43)11-7-5-6-10-25-19-30(44)35(36(48)34(25)37(49)52-23)29(24-13-15-28(51-4)16-14-24)21-32(46)39-18-17-31(45)40-22-26-20-33(47)42(3)38(50)41(26)2/h6,10,13-16,19-20,23,29,44,48H,5,7-9,11-12,17-18,21-22H2,1-4H3,(H,39,46)(H,40,45)/b10-6+/t23-,29?/m0/s1. The molecule has 0 spiro atoms. The van der Waals surface area contributed by atoms with E-state index in [1.54, 1.807) is 43.3 Å². The molecular formula is C38H46N4O10. The molecule has 1 aliphatic rings. The van der Waals surface area contributed by atoms with Crippen LogP contribution in [0.1, 0.15) is 97.0 Å². The number of esters is 1. The van der Waals surface area contributed by atoms with Crippen LogP contribution in [0, 0.1) is 0 Å². The van der Waals surface area contributed by atoms with Gasteiger partial charge < -0.3 is 30.3 Å². The van der Waals surface area contributed by atoms with Crippen molar-refractivity contribution in [2.24, 2.45) is 14.1 Å². The predicted molar refractivity (Wildman–Crippen MR) is 192 cm³/mol. The Kier molecular flexibility index (Phi) is 13.6. The van der Waals surface area contributed by atoms with E-state index in [4.69, 9.17) is 9.47 Å². The first kappa shape index (κ1) is 39.1. The maximum absolute atomic E-state index is 13.6. The third-order valence-electron chi connectivity index (χ3n) is 9.07. The topological polar surface area (TPSA) is 195 Å². The normalized spacial score (nSPS) is 16.5. The lowest BCUT2D eigenvalue weighted by Crippen LogP contribution is -2.39. The number of rotatable bonds is 10. The molecule has 14 heteroatoms. The second-order valence-electron chi connectivity index (χ2n) is 12.8. The fraction of sp³-hybridized carbons (Fsp3) is 0.421. The van der Waals surface area contributed by atoms with Gasteiger partial charge in [0.05, 0.1) is 19.8 Å². The first-order valence-corrected chi connectivity index (χ1v) is 17.2. The number of phenols is 2. The third-order valence-corrected chi connectivity index (χ3v) is 9.07. The fourth-order valence-corrected chi connectivity index (χ4v) is 6.04. The highest BCUT2D eigenvalue weighted by Crippen LogP contribution is 2.44. The van der Waals surface area contributed by atoms with Crippen molar-refractivity contribution >= 4 is 29.6 Å². The van der Waals surface area contributed by atoms with Crippen LogP contribution in [0.25, 0.3) is 6.08 Å². The molecule has 2 heterocycles. The predicted octanol–water partition coefficient (Wildman–Crippen LogP) is 3.33. The van der Waals surface area contributed by atoms with Crippen molar-refractivity contribution < 1.29 is 38.9 Å². The van der Waals surface area contributed by atoms with Crippen LogP contribution in [0.2, 0.25) is 0 Å². The summed E-state index contributed by atoms with van der Waals surface area (Å²) in [6.45, 7) is 1.58. The number of nitrogens with one attached hydrogen (secondary N) is 2. The Morgan fingerprint density at radius 3 is 2.40 bits per heavy atom. The zero-order valence-electron chi connectivity index (χ0n) is 29.9. The monoisotopic (exact) mass is 718 g/mol. The SMILES string of the molecule is COc1ccc(C(CC(=O)NCCC(=O)NCc2cc(=O)n(C)c(=O)n2C)c2c(O)cc3c(c2O)C(=O)O[C@@H](C)CCCC(=O)CCC/C=C/3)cc1. The van der Waals surface area contributed by atoms with Gasteiger partial charge in [-0.15, -0.1) is 0 Å². The second-order valence-corrected chi connectivity index (χ2v) is 12.8. The quantitative estimate of drug-likeness (QED) is 0.226. The molecule has 52 heavy (non-hydrogen) atoms. The number of cyclic esters (lactones) is 1. The highest BCUT2D eigenvalue weighted by atomic mass is 16.5. The maximum Gasteiger partial charge on any atom is 0.342 e. The van der Waals surface area contributed by atoms with Crippen LogP contribution in [0.3, 0.4) is 0 Å². The molecule has 2 aromatic carbocycles. The van der Waals surface area contributed by atoms with Gasteiger partial charge in [-0.3, -0.25) is 28.3 Å². The fourth-order valence-electron chi connectivity index (χ4n) is 6.04. The molecule has 1 aliphatic heterocycles. The number of carbonyl (C=O) groups is 4. The highest BCUT2D eigenvalue weighted by molar-refractivity contribution is 5.98. The smallest absolute Gasteiger partial charge is 0.342 e. The Morgan fingerprint density at radius 1 is 0.981 bits per heavy atom. The second kappa shape index (κ2) is 18.0. The van der Waals surface area contributed by atoms with Gasteiger partial charge in [-0.05, 0) is 61.9 Å². The van der Waals surface area contributed by atoms with Gasteiger partial charge in [0.25, 0.3) is 5.56 Å². The van der Waals surface area contributed by atoms with Crippen molar-refractivity contribution in [2.45, 2.75) is 76.9 Å². The minimum Gasteiger partial charge on any atom is -0.507 e. The summed E-state index contributed by atoms with van der Waals surface area (Å²) in [7, 11) is 4.35. The molecule has 2 atom stereocenters. The van der Waals surface area contributed by atoms with Crippen LogP contribution < -0.4 is 26.6 Å². The average molecular weight is 719 g/mol. The Bertz CT molecular complexity index is 1940. The minimum absolute atomic E-state index is 0.0545. The molecule has 14 nitrogen and oxygen atoms in total. The Balaban J connectivity index is 1.57. The lowest BCUT2D eigenvalue weighted by Gasteiger charge is -2.23. The molecule has 0 saturated heterocycles. The molecule has 0 saturated carbocycles. The first-order valence-electron chi connectivity index (χ1n) is 17.2. The van der Waals surface area contributed by atoms with Gasteiger partial charge in [0.1, 0.15) is 28.6 Å². The van der Waals surface area contributed by atoms with Crippen LogP contribution in [-0.4, -0.2) is 62.7 Å². The number of methoxy groups -OCH3 is 1. The Hall–Kier alpha value is -5.66. The van der Waals surface area contributed by atoms with Crippen LogP contribution >= 0.6 is 0 Å². The van der Waals surface area contributed by atoms with Crippen LogP contribution in [0.15, 0.2) is 52.1 Å². The summed E-state index contributed by atoms with van der Waals surface area (Å²) in [6.07, 6.45) is 5.39. The molecule has 0 fully saturated rings. The molecule has 0 radical (unpaired) electrons. The molecule has 4 N–H and O–H groups in total. The average Bonchev–Trinajstić information content (AvgIpc) is 3.10. The molecule has 278 valence electrons. The largest absolute Gasteiger partial charge is 0.507 e. The zero-order valence-corrected chi connectivity index (χ0v) is 29.9. The van der Waals surface area contributed by atoms with E-state index in [2.05, 4.69) is 10.6 Å². The van der Waals surface area contributed by atoms with E-state index in [-0.39, 0.29) is 54.2 Å².